The Labute approximate surface area is 155 Å². The molecule has 1 aliphatic carbocycles. The minimum Gasteiger partial charge on any atom is -0.493 e. The second-order valence-electron chi connectivity index (χ2n) is 6.94. The third-order valence-electron chi connectivity index (χ3n) is 5.27. The zero-order valence-corrected chi connectivity index (χ0v) is 16.4. The molecule has 1 aromatic carbocycles. The van der Waals surface area contributed by atoms with Gasteiger partial charge in [-0.3, -0.25) is 4.84 Å². The largest absolute Gasteiger partial charge is 0.493 e. The molecule has 7 nitrogen and oxygen atoms in total. The van der Waals surface area contributed by atoms with Crippen LogP contribution in [0.4, 0.5) is 0 Å². The molecule has 8 heteroatoms. The van der Waals surface area contributed by atoms with Crippen molar-refractivity contribution in [2.24, 2.45) is 0 Å². The number of methoxy groups -OCH3 is 2. The first kappa shape index (κ1) is 19.4. The summed E-state index contributed by atoms with van der Waals surface area (Å²) in [5.41, 5.74) is 0.821. The number of sulfonamides is 1. The van der Waals surface area contributed by atoms with E-state index in [1.165, 1.54) is 6.42 Å². The number of benzene rings is 1. The molecule has 1 saturated heterocycles. The van der Waals surface area contributed by atoms with E-state index in [1.54, 1.807) is 32.4 Å². The summed E-state index contributed by atoms with van der Waals surface area (Å²) in [5.74, 6) is 1.18. The number of hydroxylamine groups is 2. The highest BCUT2D eigenvalue weighted by atomic mass is 32.2. The molecule has 26 heavy (non-hydrogen) atoms. The van der Waals surface area contributed by atoms with Gasteiger partial charge < -0.3 is 9.47 Å². The Hall–Kier alpha value is -1.35. The van der Waals surface area contributed by atoms with Crippen LogP contribution in [-0.4, -0.2) is 52.6 Å². The van der Waals surface area contributed by atoms with E-state index in [2.05, 4.69) is 4.72 Å². The molecule has 0 radical (unpaired) electrons. The minimum absolute atomic E-state index is 0.0331. The van der Waals surface area contributed by atoms with E-state index in [0.29, 0.717) is 11.5 Å². The van der Waals surface area contributed by atoms with Crippen molar-refractivity contribution >= 4 is 10.0 Å². The molecule has 0 spiro atoms. The van der Waals surface area contributed by atoms with Crippen molar-refractivity contribution in [2.75, 3.05) is 27.9 Å². The summed E-state index contributed by atoms with van der Waals surface area (Å²) in [4.78, 5) is 5.58. The molecule has 3 rings (SSSR count). The first-order valence-corrected chi connectivity index (χ1v) is 10.6. The standard InChI is InChI=1S/C18H28N2O5S/c1-20-18(13-9-10-15(23-2)16(11-13)24-3)17(12-25-20)26(21,22)19-14-7-5-4-6-8-14/h9-11,14,17-19H,4-8,12H2,1-3H3. The Kier molecular flexibility index (Phi) is 6.06. The monoisotopic (exact) mass is 384 g/mol. The highest BCUT2D eigenvalue weighted by molar-refractivity contribution is 7.90. The maximum absolute atomic E-state index is 13.0. The second-order valence-corrected chi connectivity index (χ2v) is 8.87. The number of hydrogen-bond donors (Lipinski definition) is 1. The number of hydrogen-bond acceptors (Lipinski definition) is 6. The van der Waals surface area contributed by atoms with Gasteiger partial charge in [0.2, 0.25) is 10.0 Å². The summed E-state index contributed by atoms with van der Waals surface area (Å²) in [6.45, 7) is 0.136. The molecule has 1 N–H and O–H groups in total. The lowest BCUT2D eigenvalue weighted by atomic mass is 9.96. The van der Waals surface area contributed by atoms with E-state index in [9.17, 15) is 8.42 Å². The van der Waals surface area contributed by atoms with Crippen LogP contribution in [0.1, 0.15) is 43.7 Å². The van der Waals surface area contributed by atoms with Gasteiger partial charge in [-0.15, -0.1) is 0 Å². The SMILES string of the molecule is COc1ccc(C2C(S(=O)(=O)NC3CCCCC3)CON2C)cc1OC. The molecule has 1 aromatic rings. The summed E-state index contributed by atoms with van der Waals surface area (Å²) in [5, 5.41) is 0.943. The first-order chi connectivity index (χ1) is 12.5. The van der Waals surface area contributed by atoms with Gasteiger partial charge in [0.05, 0.1) is 26.9 Å². The number of ether oxygens (including phenoxy) is 2. The van der Waals surface area contributed by atoms with Crippen LogP contribution in [0.2, 0.25) is 0 Å². The van der Waals surface area contributed by atoms with E-state index >= 15 is 0 Å². The van der Waals surface area contributed by atoms with Crippen molar-refractivity contribution in [1.29, 1.82) is 0 Å². The molecule has 2 fully saturated rings. The van der Waals surface area contributed by atoms with E-state index in [-0.39, 0.29) is 12.6 Å². The van der Waals surface area contributed by atoms with Crippen LogP contribution in [0.15, 0.2) is 18.2 Å². The van der Waals surface area contributed by atoms with Gasteiger partial charge in [-0.05, 0) is 30.5 Å². The Morgan fingerprint density at radius 3 is 2.46 bits per heavy atom. The Morgan fingerprint density at radius 1 is 1.12 bits per heavy atom. The molecular weight excluding hydrogens is 356 g/mol. The van der Waals surface area contributed by atoms with Crippen molar-refractivity contribution in [3.63, 3.8) is 0 Å². The van der Waals surface area contributed by atoms with Crippen molar-refractivity contribution in [2.45, 2.75) is 49.4 Å². The maximum Gasteiger partial charge on any atom is 0.219 e. The topological polar surface area (TPSA) is 77.1 Å². The molecule has 1 saturated carbocycles. The van der Waals surface area contributed by atoms with Crippen molar-refractivity contribution in [1.82, 2.24) is 9.79 Å². The molecular formula is C18H28N2O5S. The zero-order valence-electron chi connectivity index (χ0n) is 15.6. The third-order valence-corrected chi connectivity index (χ3v) is 7.12. The summed E-state index contributed by atoms with van der Waals surface area (Å²) in [6, 6.07) is 5.10. The predicted octanol–water partition coefficient (Wildman–Crippen LogP) is 2.24. The molecule has 2 atom stereocenters. The van der Waals surface area contributed by atoms with Crippen molar-refractivity contribution in [3.05, 3.63) is 23.8 Å². The second kappa shape index (κ2) is 8.12. The Balaban J connectivity index is 1.85. The number of rotatable bonds is 6. The lowest BCUT2D eigenvalue weighted by Gasteiger charge is -2.27. The number of nitrogens with zero attached hydrogens (tertiary/aromatic N) is 1. The number of nitrogens with one attached hydrogen (secondary N) is 1. The van der Waals surface area contributed by atoms with Crippen LogP contribution in [0.5, 0.6) is 11.5 Å². The Bertz CT molecular complexity index is 718. The molecule has 0 aromatic heterocycles. The smallest absolute Gasteiger partial charge is 0.219 e. The lowest BCUT2D eigenvalue weighted by molar-refractivity contribution is -0.110. The fraction of sp³-hybridized carbons (Fsp3) is 0.667. The molecule has 0 amide bonds. The summed E-state index contributed by atoms with van der Waals surface area (Å²) >= 11 is 0. The lowest BCUT2D eigenvalue weighted by Crippen LogP contribution is -2.44. The van der Waals surface area contributed by atoms with Crippen LogP contribution in [0.25, 0.3) is 0 Å². The van der Waals surface area contributed by atoms with E-state index in [1.807, 2.05) is 12.1 Å². The highest BCUT2D eigenvalue weighted by Crippen LogP contribution is 2.38. The normalized spacial score (nSPS) is 25.3. The quantitative estimate of drug-likeness (QED) is 0.811. The maximum atomic E-state index is 13.0. The van der Waals surface area contributed by atoms with Gasteiger partial charge in [0.25, 0.3) is 0 Å². The van der Waals surface area contributed by atoms with E-state index in [0.717, 1.165) is 31.2 Å². The van der Waals surface area contributed by atoms with Crippen LogP contribution < -0.4 is 14.2 Å². The van der Waals surface area contributed by atoms with Crippen LogP contribution in [-0.2, 0) is 14.9 Å². The third kappa shape index (κ3) is 3.98. The van der Waals surface area contributed by atoms with Crippen LogP contribution in [0, 0.1) is 0 Å². The van der Waals surface area contributed by atoms with Gasteiger partial charge in [-0.1, -0.05) is 25.3 Å². The van der Waals surface area contributed by atoms with Gasteiger partial charge in [0.15, 0.2) is 11.5 Å². The van der Waals surface area contributed by atoms with Crippen molar-refractivity contribution < 1.29 is 22.7 Å². The fourth-order valence-corrected chi connectivity index (χ4v) is 5.64. The molecule has 1 aliphatic heterocycles. The molecule has 2 aliphatic rings. The molecule has 146 valence electrons. The average Bonchev–Trinajstić information content (AvgIpc) is 3.04. The van der Waals surface area contributed by atoms with Gasteiger partial charge in [0.1, 0.15) is 5.25 Å². The molecule has 2 unspecified atom stereocenters. The summed E-state index contributed by atoms with van der Waals surface area (Å²) < 4.78 is 39.6. The molecule has 1 heterocycles. The zero-order chi connectivity index (χ0) is 18.7. The molecule has 0 bridgehead atoms. The average molecular weight is 384 g/mol. The summed E-state index contributed by atoms with van der Waals surface area (Å²) in [7, 11) is 1.39. The predicted molar refractivity (Wildman–Crippen MR) is 98.7 cm³/mol. The van der Waals surface area contributed by atoms with E-state index < -0.39 is 21.3 Å². The van der Waals surface area contributed by atoms with Gasteiger partial charge >= 0.3 is 0 Å². The van der Waals surface area contributed by atoms with Crippen LogP contribution in [0.3, 0.4) is 0 Å². The van der Waals surface area contributed by atoms with Gasteiger partial charge in [-0.2, -0.15) is 5.06 Å². The van der Waals surface area contributed by atoms with Gasteiger partial charge in [-0.25, -0.2) is 13.1 Å². The van der Waals surface area contributed by atoms with Crippen LogP contribution >= 0.6 is 0 Å². The summed E-state index contributed by atoms with van der Waals surface area (Å²) in [6.07, 6.45) is 5.15. The fourth-order valence-electron chi connectivity index (χ4n) is 3.86. The Morgan fingerprint density at radius 2 is 1.81 bits per heavy atom. The van der Waals surface area contributed by atoms with Crippen molar-refractivity contribution in [3.8, 4) is 11.5 Å². The van der Waals surface area contributed by atoms with E-state index in [4.69, 9.17) is 14.3 Å². The van der Waals surface area contributed by atoms with Gasteiger partial charge in [0, 0.05) is 13.1 Å². The highest BCUT2D eigenvalue weighted by Gasteiger charge is 2.44. The first-order valence-electron chi connectivity index (χ1n) is 9.05. The minimum atomic E-state index is -3.51.